The SMILES string of the molecule is CCCCCCCCCCC(C(=O)[O-])N(C)C.[Na+]. The van der Waals surface area contributed by atoms with Crippen molar-refractivity contribution in [1.82, 2.24) is 4.90 Å². The third kappa shape index (κ3) is 11.5. The summed E-state index contributed by atoms with van der Waals surface area (Å²) in [6.07, 6.45) is 10.7. The molecule has 0 spiro atoms. The molecule has 0 aromatic carbocycles. The Hall–Kier alpha value is 0.430. The number of unbranched alkanes of at least 4 members (excludes halogenated alkanes) is 7. The minimum absolute atomic E-state index is 0. The van der Waals surface area contributed by atoms with E-state index in [9.17, 15) is 9.90 Å². The molecule has 0 aromatic rings. The molecule has 18 heavy (non-hydrogen) atoms. The van der Waals surface area contributed by atoms with Crippen molar-refractivity contribution in [2.75, 3.05) is 14.1 Å². The fourth-order valence-electron chi connectivity index (χ4n) is 2.06. The number of carboxylic acid groups (broad SMARTS) is 1. The Balaban J connectivity index is 0. The summed E-state index contributed by atoms with van der Waals surface area (Å²) in [7, 11) is 3.59. The summed E-state index contributed by atoms with van der Waals surface area (Å²) < 4.78 is 0. The molecule has 102 valence electrons. The summed E-state index contributed by atoms with van der Waals surface area (Å²) in [6.45, 7) is 2.22. The van der Waals surface area contributed by atoms with Crippen LogP contribution in [0, 0.1) is 0 Å². The van der Waals surface area contributed by atoms with Gasteiger partial charge >= 0.3 is 29.6 Å². The summed E-state index contributed by atoms with van der Waals surface area (Å²) >= 11 is 0. The number of hydrogen-bond acceptors (Lipinski definition) is 3. The van der Waals surface area contributed by atoms with Crippen LogP contribution >= 0.6 is 0 Å². The molecular formula is C14H28NNaO2. The van der Waals surface area contributed by atoms with Gasteiger partial charge in [-0.3, -0.25) is 0 Å². The molecule has 1 unspecified atom stereocenters. The third-order valence-corrected chi connectivity index (χ3v) is 3.23. The zero-order valence-electron chi connectivity index (χ0n) is 12.7. The third-order valence-electron chi connectivity index (χ3n) is 3.23. The van der Waals surface area contributed by atoms with E-state index >= 15 is 0 Å². The van der Waals surface area contributed by atoms with Gasteiger partial charge < -0.3 is 14.8 Å². The van der Waals surface area contributed by atoms with Gasteiger partial charge in [0.05, 0.1) is 5.97 Å². The largest absolute Gasteiger partial charge is 1.00 e. The van der Waals surface area contributed by atoms with Gasteiger partial charge in [-0.05, 0) is 20.5 Å². The van der Waals surface area contributed by atoms with Gasteiger partial charge in [0.1, 0.15) is 0 Å². The molecule has 0 aliphatic rings. The Labute approximate surface area is 135 Å². The molecule has 4 heteroatoms. The molecule has 0 fully saturated rings. The number of carboxylic acids is 1. The van der Waals surface area contributed by atoms with E-state index in [4.69, 9.17) is 0 Å². The maximum absolute atomic E-state index is 10.8. The first-order chi connectivity index (χ1) is 8.09. The average Bonchev–Trinajstić information content (AvgIpc) is 2.26. The molecule has 1 atom stereocenters. The maximum Gasteiger partial charge on any atom is 1.00 e. The second-order valence-corrected chi connectivity index (χ2v) is 5.06. The Morgan fingerprint density at radius 2 is 1.44 bits per heavy atom. The average molecular weight is 265 g/mol. The Morgan fingerprint density at radius 3 is 1.83 bits per heavy atom. The van der Waals surface area contributed by atoms with E-state index in [1.807, 2.05) is 0 Å². The quantitative estimate of drug-likeness (QED) is 0.363. The number of aliphatic carboxylic acids is 1. The van der Waals surface area contributed by atoms with Gasteiger partial charge in [-0.15, -0.1) is 0 Å². The van der Waals surface area contributed by atoms with E-state index in [1.165, 1.54) is 38.5 Å². The molecule has 0 aliphatic heterocycles. The number of carbonyl (C=O) groups excluding carboxylic acids is 1. The number of rotatable bonds is 11. The maximum atomic E-state index is 10.8. The van der Waals surface area contributed by atoms with Crippen molar-refractivity contribution in [3.63, 3.8) is 0 Å². The topological polar surface area (TPSA) is 43.4 Å². The van der Waals surface area contributed by atoms with Crippen LogP contribution in [0.1, 0.15) is 64.7 Å². The molecular weight excluding hydrogens is 237 g/mol. The molecule has 0 radical (unpaired) electrons. The van der Waals surface area contributed by atoms with Crippen LogP contribution < -0.4 is 34.7 Å². The van der Waals surface area contributed by atoms with Crippen LogP contribution in [0.15, 0.2) is 0 Å². The van der Waals surface area contributed by atoms with Gasteiger partial charge in [-0.2, -0.15) is 0 Å². The second-order valence-electron chi connectivity index (χ2n) is 5.06. The van der Waals surface area contributed by atoms with Crippen LogP contribution in [0.3, 0.4) is 0 Å². The standard InChI is InChI=1S/C14H29NO2.Na/c1-4-5-6-7-8-9-10-11-12-13(14(16)17)15(2)3;/h13H,4-12H2,1-3H3,(H,16,17);/q;+1/p-1. The van der Waals surface area contributed by atoms with Gasteiger partial charge in [0.15, 0.2) is 0 Å². The van der Waals surface area contributed by atoms with E-state index in [2.05, 4.69) is 6.92 Å². The minimum Gasteiger partial charge on any atom is -0.548 e. The fourth-order valence-corrected chi connectivity index (χ4v) is 2.06. The summed E-state index contributed by atoms with van der Waals surface area (Å²) in [6, 6.07) is -0.421. The first-order valence-electron chi connectivity index (χ1n) is 6.96. The molecule has 0 saturated heterocycles. The monoisotopic (exact) mass is 265 g/mol. The second kappa shape index (κ2) is 13.9. The van der Waals surface area contributed by atoms with Crippen LogP contribution in [-0.2, 0) is 4.79 Å². The van der Waals surface area contributed by atoms with Gasteiger partial charge in [-0.1, -0.05) is 58.3 Å². The first-order valence-corrected chi connectivity index (χ1v) is 6.96. The van der Waals surface area contributed by atoms with E-state index < -0.39 is 12.0 Å². The van der Waals surface area contributed by atoms with Gasteiger partial charge in [0, 0.05) is 6.04 Å². The van der Waals surface area contributed by atoms with Crippen molar-refractivity contribution in [1.29, 1.82) is 0 Å². The van der Waals surface area contributed by atoms with Crippen LogP contribution in [-0.4, -0.2) is 31.0 Å². The van der Waals surface area contributed by atoms with Crippen molar-refractivity contribution in [3.05, 3.63) is 0 Å². The van der Waals surface area contributed by atoms with Crippen LogP contribution in [0.2, 0.25) is 0 Å². The van der Waals surface area contributed by atoms with Gasteiger partial charge in [-0.25, -0.2) is 0 Å². The molecule has 0 aromatic heterocycles. The predicted molar refractivity (Wildman–Crippen MR) is 69.7 cm³/mol. The Morgan fingerprint density at radius 1 is 1.00 bits per heavy atom. The molecule has 0 bridgehead atoms. The van der Waals surface area contributed by atoms with Gasteiger partial charge in [0.2, 0.25) is 0 Å². The van der Waals surface area contributed by atoms with Crippen LogP contribution in [0.25, 0.3) is 0 Å². The number of likely N-dealkylation sites (N-methyl/N-ethyl adjacent to an activating group) is 1. The number of carbonyl (C=O) groups is 1. The normalized spacial score (nSPS) is 12.2. The minimum atomic E-state index is -0.946. The fraction of sp³-hybridized carbons (Fsp3) is 0.929. The van der Waals surface area contributed by atoms with E-state index in [0.717, 1.165) is 12.8 Å². The summed E-state index contributed by atoms with van der Waals surface area (Å²) in [4.78, 5) is 12.6. The first kappa shape index (κ1) is 20.7. The smallest absolute Gasteiger partial charge is 0.548 e. The summed E-state index contributed by atoms with van der Waals surface area (Å²) in [5.74, 6) is -0.946. The molecule has 0 rings (SSSR count). The zero-order valence-corrected chi connectivity index (χ0v) is 14.7. The van der Waals surface area contributed by atoms with Crippen molar-refractivity contribution in [2.45, 2.75) is 70.8 Å². The Kier molecular flexibility index (Phi) is 16.0. The molecule has 0 saturated carbocycles. The molecule has 0 N–H and O–H groups in total. The van der Waals surface area contributed by atoms with Crippen molar-refractivity contribution < 1.29 is 39.5 Å². The van der Waals surface area contributed by atoms with Gasteiger partial charge in [0.25, 0.3) is 0 Å². The zero-order chi connectivity index (χ0) is 13.1. The predicted octanol–water partition coefficient (Wildman–Crippen LogP) is -0.799. The van der Waals surface area contributed by atoms with E-state index in [0.29, 0.717) is 6.42 Å². The van der Waals surface area contributed by atoms with E-state index in [-0.39, 0.29) is 29.6 Å². The summed E-state index contributed by atoms with van der Waals surface area (Å²) in [5.41, 5.74) is 0. The molecule has 0 amide bonds. The Bertz CT molecular complexity index is 198. The van der Waals surface area contributed by atoms with Crippen LogP contribution in [0.4, 0.5) is 0 Å². The molecule has 0 heterocycles. The van der Waals surface area contributed by atoms with Crippen LogP contribution in [0.5, 0.6) is 0 Å². The van der Waals surface area contributed by atoms with Crippen molar-refractivity contribution in [2.24, 2.45) is 0 Å². The molecule has 0 aliphatic carbocycles. The number of nitrogens with zero attached hydrogens (tertiary/aromatic N) is 1. The van der Waals surface area contributed by atoms with Crippen molar-refractivity contribution >= 4 is 5.97 Å². The number of hydrogen-bond donors (Lipinski definition) is 0. The molecule has 3 nitrogen and oxygen atoms in total. The summed E-state index contributed by atoms with van der Waals surface area (Å²) in [5, 5.41) is 10.8. The van der Waals surface area contributed by atoms with E-state index in [1.54, 1.807) is 19.0 Å². The van der Waals surface area contributed by atoms with Crippen molar-refractivity contribution in [3.8, 4) is 0 Å².